The molecule has 0 radical (unpaired) electrons. The van der Waals surface area contributed by atoms with Crippen molar-refractivity contribution in [2.24, 2.45) is 0 Å². The van der Waals surface area contributed by atoms with Gasteiger partial charge in [0, 0.05) is 23.6 Å². The molecule has 2 N–H and O–H groups in total. The molecule has 1 aliphatic heterocycles. The third-order valence-electron chi connectivity index (χ3n) is 2.36. The molecule has 0 bridgehead atoms. The summed E-state index contributed by atoms with van der Waals surface area (Å²) in [6.45, 7) is 0.448. The van der Waals surface area contributed by atoms with Crippen LogP contribution in [-0.2, 0) is 4.79 Å². The molecule has 90 valence electrons. The lowest BCUT2D eigenvalue weighted by molar-refractivity contribution is -0.119. The molecule has 17 heavy (non-hydrogen) atoms. The molecule has 0 spiro atoms. The minimum absolute atomic E-state index is 0.0613. The molecule has 0 saturated carbocycles. The van der Waals surface area contributed by atoms with Gasteiger partial charge in [0.1, 0.15) is 5.15 Å². The Kier molecular flexibility index (Phi) is 3.63. The van der Waals surface area contributed by atoms with Gasteiger partial charge in [0.05, 0.1) is 11.6 Å². The summed E-state index contributed by atoms with van der Waals surface area (Å²) in [7, 11) is 0. The summed E-state index contributed by atoms with van der Waals surface area (Å²) < 4.78 is 0.674. The first-order valence-corrected chi connectivity index (χ1v) is 6.12. The summed E-state index contributed by atoms with van der Waals surface area (Å²) in [4.78, 5) is 26.7. The number of nitrogens with zero attached hydrogens (tertiary/aromatic N) is 1. The molecule has 0 aliphatic carbocycles. The molecule has 1 fully saturated rings. The van der Waals surface area contributed by atoms with E-state index in [1.165, 1.54) is 6.20 Å². The Bertz CT molecular complexity index is 481. The zero-order chi connectivity index (χ0) is 12.4. The van der Waals surface area contributed by atoms with Crippen molar-refractivity contribution in [3.05, 3.63) is 27.5 Å². The van der Waals surface area contributed by atoms with Gasteiger partial charge in [-0.1, -0.05) is 11.6 Å². The van der Waals surface area contributed by atoms with E-state index in [1.54, 1.807) is 6.07 Å². The number of halogens is 2. The molecule has 1 aromatic rings. The van der Waals surface area contributed by atoms with Gasteiger partial charge >= 0.3 is 0 Å². The lowest BCUT2D eigenvalue weighted by Crippen LogP contribution is -2.36. The Hall–Kier alpha value is -1.14. The van der Waals surface area contributed by atoms with E-state index in [0.29, 0.717) is 23.0 Å². The molecule has 2 rings (SSSR count). The molecular weight excluding hydrogens is 309 g/mol. The zero-order valence-electron chi connectivity index (χ0n) is 8.67. The average Bonchev–Trinajstić information content (AvgIpc) is 2.67. The molecule has 1 aliphatic rings. The molecule has 2 heterocycles. The Balaban J connectivity index is 2.09. The number of nitrogens with one attached hydrogen (secondary N) is 2. The number of carbonyl (C=O) groups excluding carboxylic acids is 2. The Morgan fingerprint density at radius 2 is 2.41 bits per heavy atom. The highest BCUT2D eigenvalue weighted by molar-refractivity contribution is 9.10. The molecule has 1 aromatic heterocycles. The number of hydrogen-bond acceptors (Lipinski definition) is 3. The first kappa shape index (κ1) is 12.3. The van der Waals surface area contributed by atoms with E-state index in [-0.39, 0.29) is 23.0 Å². The average molecular weight is 319 g/mol. The molecule has 5 nitrogen and oxygen atoms in total. The van der Waals surface area contributed by atoms with Crippen LogP contribution in [0.1, 0.15) is 16.8 Å². The maximum atomic E-state index is 11.9. The van der Waals surface area contributed by atoms with Gasteiger partial charge in [-0.15, -0.1) is 0 Å². The number of aromatic nitrogens is 1. The highest BCUT2D eigenvalue weighted by Gasteiger charge is 2.24. The van der Waals surface area contributed by atoms with Gasteiger partial charge in [-0.2, -0.15) is 0 Å². The Morgan fingerprint density at radius 3 is 3.06 bits per heavy atom. The molecule has 1 unspecified atom stereocenters. The van der Waals surface area contributed by atoms with E-state index in [2.05, 4.69) is 31.5 Å². The van der Waals surface area contributed by atoms with Crippen LogP contribution in [-0.4, -0.2) is 29.4 Å². The number of amides is 2. The standard InChI is InChI=1S/C10H9BrClN3O2/c11-5-1-7(9(12)14-3-5)10(17)15-6-2-8(16)13-4-6/h1,3,6H,2,4H2,(H,13,16)(H,15,17). The van der Waals surface area contributed by atoms with Gasteiger partial charge in [-0.05, 0) is 22.0 Å². The van der Waals surface area contributed by atoms with Crippen LogP contribution in [0.15, 0.2) is 16.7 Å². The largest absolute Gasteiger partial charge is 0.354 e. The summed E-state index contributed by atoms with van der Waals surface area (Å²) in [6, 6.07) is 1.40. The maximum absolute atomic E-state index is 11.9. The molecule has 1 atom stereocenters. The topological polar surface area (TPSA) is 71.1 Å². The van der Waals surface area contributed by atoms with E-state index < -0.39 is 0 Å². The number of pyridine rings is 1. The van der Waals surface area contributed by atoms with E-state index in [4.69, 9.17) is 11.6 Å². The van der Waals surface area contributed by atoms with Crippen molar-refractivity contribution in [2.75, 3.05) is 6.54 Å². The maximum Gasteiger partial charge on any atom is 0.254 e. The number of carbonyl (C=O) groups is 2. The first-order chi connectivity index (χ1) is 8.06. The van der Waals surface area contributed by atoms with Crippen molar-refractivity contribution in [1.29, 1.82) is 0 Å². The SMILES string of the molecule is O=C1CC(NC(=O)c2cc(Br)cnc2Cl)CN1. The van der Waals surface area contributed by atoms with Crippen LogP contribution in [0.5, 0.6) is 0 Å². The second kappa shape index (κ2) is 5.01. The third kappa shape index (κ3) is 2.95. The molecule has 1 saturated heterocycles. The third-order valence-corrected chi connectivity index (χ3v) is 3.10. The van der Waals surface area contributed by atoms with Gasteiger partial charge in [-0.25, -0.2) is 4.98 Å². The van der Waals surface area contributed by atoms with Crippen LogP contribution in [0.25, 0.3) is 0 Å². The molecule has 2 amide bonds. The van der Waals surface area contributed by atoms with Gasteiger partial charge in [0.15, 0.2) is 0 Å². The summed E-state index contributed by atoms with van der Waals surface area (Å²) in [6.07, 6.45) is 1.81. The summed E-state index contributed by atoms with van der Waals surface area (Å²) >= 11 is 9.05. The van der Waals surface area contributed by atoms with Crippen molar-refractivity contribution in [3.8, 4) is 0 Å². The zero-order valence-corrected chi connectivity index (χ0v) is 11.0. The van der Waals surface area contributed by atoms with Crippen molar-refractivity contribution in [1.82, 2.24) is 15.6 Å². The van der Waals surface area contributed by atoms with E-state index in [0.717, 1.165) is 0 Å². The van der Waals surface area contributed by atoms with Gasteiger partial charge in [-0.3, -0.25) is 9.59 Å². The molecule has 0 aromatic carbocycles. The number of hydrogen-bond donors (Lipinski definition) is 2. The smallest absolute Gasteiger partial charge is 0.254 e. The lowest BCUT2D eigenvalue weighted by Gasteiger charge is -2.11. The van der Waals surface area contributed by atoms with Crippen LogP contribution in [0, 0.1) is 0 Å². The van der Waals surface area contributed by atoms with Crippen molar-refractivity contribution in [2.45, 2.75) is 12.5 Å². The van der Waals surface area contributed by atoms with E-state index >= 15 is 0 Å². The quantitative estimate of drug-likeness (QED) is 0.803. The minimum atomic E-state index is -0.328. The fourth-order valence-electron chi connectivity index (χ4n) is 1.55. The Labute approximate surface area is 111 Å². The monoisotopic (exact) mass is 317 g/mol. The predicted molar refractivity (Wildman–Crippen MR) is 65.8 cm³/mol. The van der Waals surface area contributed by atoms with E-state index in [1.807, 2.05) is 0 Å². The molecular formula is C10H9BrClN3O2. The van der Waals surface area contributed by atoms with Gasteiger partial charge in [0.2, 0.25) is 5.91 Å². The predicted octanol–water partition coefficient (Wildman–Crippen LogP) is 1.12. The highest BCUT2D eigenvalue weighted by atomic mass is 79.9. The second-order valence-electron chi connectivity index (χ2n) is 3.67. The van der Waals surface area contributed by atoms with Gasteiger partial charge in [0.25, 0.3) is 5.91 Å². The Morgan fingerprint density at radius 1 is 1.65 bits per heavy atom. The fraction of sp³-hybridized carbons (Fsp3) is 0.300. The number of rotatable bonds is 2. The summed E-state index contributed by atoms with van der Waals surface area (Å²) in [5, 5.41) is 5.51. The lowest BCUT2D eigenvalue weighted by atomic mass is 10.2. The van der Waals surface area contributed by atoms with E-state index in [9.17, 15) is 9.59 Å². The van der Waals surface area contributed by atoms with Crippen molar-refractivity contribution in [3.63, 3.8) is 0 Å². The van der Waals surface area contributed by atoms with Crippen molar-refractivity contribution >= 4 is 39.3 Å². The van der Waals surface area contributed by atoms with Crippen LogP contribution in [0.4, 0.5) is 0 Å². The van der Waals surface area contributed by atoms with Crippen molar-refractivity contribution < 1.29 is 9.59 Å². The second-order valence-corrected chi connectivity index (χ2v) is 4.94. The van der Waals surface area contributed by atoms with Crippen LogP contribution >= 0.6 is 27.5 Å². The van der Waals surface area contributed by atoms with Crippen LogP contribution in [0.2, 0.25) is 5.15 Å². The molecule has 7 heteroatoms. The normalized spacial score (nSPS) is 18.9. The van der Waals surface area contributed by atoms with Crippen LogP contribution in [0.3, 0.4) is 0 Å². The first-order valence-electron chi connectivity index (χ1n) is 4.95. The van der Waals surface area contributed by atoms with Gasteiger partial charge < -0.3 is 10.6 Å². The summed E-state index contributed by atoms with van der Waals surface area (Å²) in [5.41, 5.74) is 0.292. The fourth-order valence-corrected chi connectivity index (χ4v) is 2.07. The highest BCUT2D eigenvalue weighted by Crippen LogP contribution is 2.18. The van der Waals surface area contributed by atoms with Crippen LogP contribution < -0.4 is 10.6 Å². The summed E-state index contributed by atoms with van der Waals surface area (Å²) in [5.74, 6) is -0.390. The minimum Gasteiger partial charge on any atom is -0.354 e.